The first-order valence-electron chi connectivity index (χ1n) is 7.89. The second-order valence-corrected chi connectivity index (χ2v) is 6.85. The van der Waals surface area contributed by atoms with E-state index in [2.05, 4.69) is 4.99 Å². The van der Waals surface area contributed by atoms with E-state index in [0.717, 1.165) is 34.0 Å². The summed E-state index contributed by atoms with van der Waals surface area (Å²) in [6, 6.07) is 6.42. The highest BCUT2D eigenvalue weighted by Gasteiger charge is 2.20. The Kier molecular flexibility index (Phi) is 4.92. The molecule has 0 atom stereocenters. The van der Waals surface area contributed by atoms with Gasteiger partial charge in [0, 0.05) is 19.2 Å². The van der Waals surface area contributed by atoms with Gasteiger partial charge in [-0.2, -0.15) is 4.99 Å². The minimum absolute atomic E-state index is 0.234. The van der Waals surface area contributed by atoms with Gasteiger partial charge in [-0.3, -0.25) is 25.0 Å². The van der Waals surface area contributed by atoms with Crippen molar-refractivity contribution in [1.29, 1.82) is 0 Å². The first-order valence-corrected chi connectivity index (χ1v) is 8.70. The first kappa shape index (κ1) is 19.2. The molecule has 0 aliphatic heterocycles. The molecular formula is C17H14N4O6S. The summed E-state index contributed by atoms with van der Waals surface area (Å²) in [5, 5.41) is 22.0. The van der Waals surface area contributed by atoms with E-state index < -0.39 is 27.1 Å². The number of benzene rings is 2. The quantitative estimate of drug-likeness (QED) is 0.487. The summed E-state index contributed by atoms with van der Waals surface area (Å²) in [7, 11) is 3.24. The molecule has 1 heterocycles. The van der Waals surface area contributed by atoms with Crippen molar-refractivity contribution in [2.45, 2.75) is 6.92 Å². The largest absolute Gasteiger partial charge is 0.495 e. The number of carbonyl (C=O) groups excluding carboxylic acids is 1. The van der Waals surface area contributed by atoms with Gasteiger partial charge in [-0.25, -0.2) is 0 Å². The van der Waals surface area contributed by atoms with Crippen molar-refractivity contribution < 1.29 is 19.4 Å². The highest BCUT2D eigenvalue weighted by molar-refractivity contribution is 7.16. The lowest BCUT2D eigenvalue weighted by atomic mass is 10.1. The summed E-state index contributed by atoms with van der Waals surface area (Å²) in [6.07, 6.45) is 0. The molecule has 0 saturated heterocycles. The van der Waals surface area contributed by atoms with Crippen LogP contribution in [0, 0.1) is 27.2 Å². The summed E-state index contributed by atoms with van der Waals surface area (Å²) < 4.78 is 7.91. The van der Waals surface area contributed by atoms with Crippen molar-refractivity contribution in [1.82, 2.24) is 4.57 Å². The van der Waals surface area contributed by atoms with E-state index in [1.807, 2.05) is 13.0 Å². The van der Waals surface area contributed by atoms with Crippen LogP contribution >= 0.6 is 11.3 Å². The lowest BCUT2D eigenvalue weighted by molar-refractivity contribution is -0.394. The molecule has 0 bridgehead atoms. The van der Waals surface area contributed by atoms with Crippen LogP contribution in [-0.2, 0) is 7.05 Å². The molecule has 2 aromatic carbocycles. The van der Waals surface area contributed by atoms with Crippen molar-refractivity contribution in [3.63, 3.8) is 0 Å². The van der Waals surface area contributed by atoms with Crippen LogP contribution in [0.3, 0.4) is 0 Å². The summed E-state index contributed by atoms with van der Waals surface area (Å²) in [4.78, 5) is 37.4. The maximum atomic E-state index is 12.6. The zero-order valence-corrected chi connectivity index (χ0v) is 15.8. The fourth-order valence-corrected chi connectivity index (χ4v) is 3.80. The second-order valence-electron chi connectivity index (χ2n) is 5.88. The third kappa shape index (κ3) is 3.34. The molecular weight excluding hydrogens is 388 g/mol. The average molecular weight is 402 g/mol. The van der Waals surface area contributed by atoms with Crippen molar-refractivity contribution in [2.75, 3.05) is 7.11 Å². The van der Waals surface area contributed by atoms with Gasteiger partial charge in [0.2, 0.25) is 0 Å². The molecule has 3 aromatic rings. The van der Waals surface area contributed by atoms with Crippen LogP contribution in [0.1, 0.15) is 15.9 Å². The minimum Gasteiger partial charge on any atom is -0.495 e. The molecule has 10 nitrogen and oxygen atoms in total. The highest BCUT2D eigenvalue weighted by Crippen LogP contribution is 2.30. The Morgan fingerprint density at radius 1 is 1.14 bits per heavy atom. The first-order chi connectivity index (χ1) is 13.2. The highest BCUT2D eigenvalue weighted by atomic mass is 32.1. The molecule has 1 amide bonds. The molecule has 0 unspecified atom stereocenters. The van der Waals surface area contributed by atoms with Gasteiger partial charge < -0.3 is 9.30 Å². The van der Waals surface area contributed by atoms with E-state index in [1.54, 1.807) is 17.7 Å². The zero-order valence-electron chi connectivity index (χ0n) is 15.0. The van der Waals surface area contributed by atoms with Gasteiger partial charge in [-0.15, -0.1) is 0 Å². The second kappa shape index (κ2) is 7.19. The fraction of sp³-hybridized carbons (Fsp3) is 0.176. The summed E-state index contributed by atoms with van der Waals surface area (Å²) in [6.45, 7) is 1.91. The molecule has 3 rings (SSSR count). The molecule has 0 radical (unpaired) electrons. The SMILES string of the molecule is COc1ccc(C)c2sc(=NC(=O)c3cc([N+](=O)[O-])cc([N+](=O)[O-])c3)n(C)c12. The number of aryl methyl sites for hydroxylation is 2. The molecule has 1 aromatic heterocycles. The third-order valence-electron chi connectivity index (χ3n) is 4.10. The average Bonchev–Trinajstić information content (AvgIpc) is 2.99. The predicted octanol–water partition coefficient (Wildman–Crippen LogP) is 3.11. The predicted molar refractivity (Wildman–Crippen MR) is 102 cm³/mol. The van der Waals surface area contributed by atoms with Gasteiger partial charge in [0.05, 0.1) is 33.3 Å². The number of methoxy groups -OCH3 is 1. The molecule has 0 spiro atoms. The molecule has 0 saturated carbocycles. The summed E-state index contributed by atoms with van der Waals surface area (Å²) >= 11 is 1.25. The molecule has 0 aliphatic rings. The van der Waals surface area contributed by atoms with Crippen LogP contribution in [0.25, 0.3) is 10.2 Å². The standard InChI is InChI=1S/C17H14N4O6S/c1-9-4-5-13(27-3)14-15(9)28-17(19(14)2)18-16(22)10-6-11(20(23)24)8-12(7-10)21(25)26/h4-8H,1-3H3. The monoisotopic (exact) mass is 402 g/mol. The zero-order chi connectivity index (χ0) is 20.6. The summed E-state index contributed by atoms with van der Waals surface area (Å²) in [5.41, 5.74) is 0.388. The number of hydrogen-bond donors (Lipinski definition) is 0. The molecule has 144 valence electrons. The van der Waals surface area contributed by atoms with Crippen LogP contribution < -0.4 is 9.54 Å². The summed E-state index contributed by atoms with van der Waals surface area (Å²) in [5.74, 6) is -0.204. The number of nitrogens with zero attached hydrogens (tertiary/aromatic N) is 4. The number of aromatic nitrogens is 1. The Hall–Kier alpha value is -3.60. The number of rotatable bonds is 4. The van der Waals surface area contributed by atoms with Crippen molar-refractivity contribution in [2.24, 2.45) is 12.0 Å². The molecule has 0 N–H and O–H groups in total. The van der Waals surface area contributed by atoms with Gasteiger partial charge in [0.25, 0.3) is 17.3 Å². The number of ether oxygens (including phenoxy) is 1. The van der Waals surface area contributed by atoms with Crippen LogP contribution in [0.4, 0.5) is 11.4 Å². The van der Waals surface area contributed by atoms with Gasteiger partial charge in [0.1, 0.15) is 11.3 Å². The number of amides is 1. The molecule has 0 aliphatic carbocycles. The Morgan fingerprint density at radius 3 is 2.29 bits per heavy atom. The van der Waals surface area contributed by atoms with Crippen molar-refractivity contribution in [3.8, 4) is 5.75 Å². The number of fused-ring (bicyclic) bond motifs is 1. The van der Waals surface area contributed by atoms with Crippen LogP contribution in [0.15, 0.2) is 35.3 Å². The smallest absolute Gasteiger partial charge is 0.280 e. The molecule has 11 heteroatoms. The van der Waals surface area contributed by atoms with Crippen molar-refractivity contribution >= 4 is 38.8 Å². The van der Waals surface area contributed by atoms with Crippen molar-refractivity contribution in [3.05, 3.63) is 66.5 Å². The van der Waals surface area contributed by atoms with Gasteiger partial charge in [-0.1, -0.05) is 17.4 Å². The van der Waals surface area contributed by atoms with E-state index in [0.29, 0.717) is 10.6 Å². The number of nitro groups is 2. The molecule has 28 heavy (non-hydrogen) atoms. The van der Waals surface area contributed by atoms with Crippen LogP contribution in [0.5, 0.6) is 5.75 Å². The lowest BCUT2D eigenvalue weighted by Gasteiger charge is -2.05. The van der Waals surface area contributed by atoms with E-state index in [-0.39, 0.29) is 5.56 Å². The van der Waals surface area contributed by atoms with E-state index in [4.69, 9.17) is 4.74 Å². The number of non-ortho nitro benzene ring substituents is 2. The minimum atomic E-state index is -0.814. The fourth-order valence-electron chi connectivity index (χ4n) is 2.70. The van der Waals surface area contributed by atoms with Crippen LogP contribution in [-0.4, -0.2) is 27.4 Å². The Labute approximate surface area is 161 Å². The number of hydrogen-bond acceptors (Lipinski definition) is 7. The van der Waals surface area contributed by atoms with Gasteiger partial charge in [-0.05, 0) is 18.6 Å². The van der Waals surface area contributed by atoms with E-state index in [9.17, 15) is 25.0 Å². The Balaban J connectivity index is 2.19. The maximum absolute atomic E-state index is 12.6. The number of thiazole rings is 1. The van der Waals surface area contributed by atoms with Gasteiger partial charge in [0.15, 0.2) is 4.80 Å². The third-order valence-corrected chi connectivity index (χ3v) is 5.36. The van der Waals surface area contributed by atoms with Gasteiger partial charge >= 0.3 is 0 Å². The van der Waals surface area contributed by atoms with Crippen LogP contribution in [0.2, 0.25) is 0 Å². The Morgan fingerprint density at radius 2 is 1.75 bits per heavy atom. The lowest BCUT2D eigenvalue weighted by Crippen LogP contribution is -2.14. The van der Waals surface area contributed by atoms with E-state index in [1.165, 1.54) is 18.4 Å². The topological polar surface area (TPSA) is 130 Å². The van der Waals surface area contributed by atoms with E-state index >= 15 is 0 Å². The number of carbonyl (C=O) groups is 1. The maximum Gasteiger partial charge on any atom is 0.280 e. The Bertz CT molecular complexity index is 1180. The normalized spacial score (nSPS) is 11.6. The molecule has 0 fully saturated rings. The number of nitro benzene ring substituents is 2.